The molecule has 0 saturated heterocycles. The molecule has 0 rings (SSSR count). The van der Waals surface area contributed by atoms with Gasteiger partial charge in [-0.2, -0.15) is 0 Å². The number of ether oxygens (including phenoxy) is 1. The lowest BCUT2D eigenvalue weighted by Crippen LogP contribution is -2.11. The monoisotopic (exact) mass is 174 g/mol. The smallest absolute Gasteiger partial charge is 0.302 e. The first kappa shape index (κ1) is 10.7. The summed E-state index contributed by atoms with van der Waals surface area (Å²) >= 11 is 0. The van der Waals surface area contributed by atoms with Crippen molar-refractivity contribution in [2.75, 3.05) is 6.61 Å². The molecule has 5 heteroatoms. The molecule has 0 amide bonds. The maximum absolute atomic E-state index is 10.3. The van der Waals surface area contributed by atoms with Crippen molar-refractivity contribution in [3.63, 3.8) is 0 Å². The van der Waals surface area contributed by atoms with Crippen molar-refractivity contribution in [3.05, 3.63) is 0 Å². The van der Waals surface area contributed by atoms with Crippen molar-refractivity contribution >= 4 is 11.8 Å². The second-order valence-corrected chi connectivity index (χ2v) is 2.39. The highest BCUT2D eigenvalue weighted by molar-refractivity contribution is 5.79. The second kappa shape index (κ2) is 6.45. The topological polar surface area (TPSA) is 84.9 Å². The average Bonchev–Trinajstić information content (AvgIpc) is 2.03. The van der Waals surface area contributed by atoms with Crippen molar-refractivity contribution in [1.29, 1.82) is 0 Å². The van der Waals surface area contributed by atoms with Gasteiger partial charge in [-0.1, -0.05) is 5.16 Å². The Bertz CT molecular complexity index is 168. The number of nitrogens with zero attached hydrogens (tertiary/aromatic N) is 1. The summed E-state index contributed by atoms with van der Waals surface area (Å²) in [5.41, 5.74) is 5.21. The number of carbonyl (C=O) groups is 1. The van der Waals surface area contributed by atoms with Crippen LogP contribution >= 0.6 is 0 Å². The Morgan fingerprint density at radius 2 is 2.25 bits per heavy atom. The number of oxime groups is 1. The van der Waals surface area contributed by atoms with Crippen LogP contribution in [-0.4, -0.2) is 23.6 Å². The second-order valence-electron chi connectivity index (χ2n) is 2.39. The minimum absolute atomic E-state index is 0.206. The molecule has 3 N–H and O–H groups in total. The summed E-state index contributed by atoms with van der Waals surface area (Å²) in [6.07, 6.45) is 2.01. The number of unbranched alkanes of at least 4 members (excludes halogenated alkanes) is 1. The molecule has 0 fully saturated rings. The van der Waals surface area contributed by atoms with Crippen LogP contribution in [0.4, 0.5) is 0 Å². The zero-order chi connectivity index (χ0) is 9.40. The molecule has 0 aliphatic heterocycles. The highest BCUT2D eigenvalue weighted by atomic mass is 16.5. The van der Waals surface area contributed by atoms with Gasteiger partial charge in [-0.25, -0.2) is 0 Å². The van der Waals surface area contributed by atoms with E-state index in [0.29, 0.717) is 13.0 Å². The van der Waals surface area contributed by atoms with Crippen LogP contribution in [0.1, 0.15) is 26.2 Å². The van der Waals surface area contributed by atoms with Crippen molar-refractivity contribution in [1.82, 2.24) is 0 Å². The normalized spacial score (nSPS) is 11.2. The Kier molecular flexibility index (Phi) is 5.77. The fraction of sp³-hybridized carbons (Fsp3) is 0.714. The zero-order valence-corrected chi connectivity index (χ0v) is 7.12. The summed E-state index contributed by atoms with van der Waals surface area (Å²) in [5, 5.41) is 11.0. The molecule has 0 aromatic heterocycles. The maximum Gasteiger partial charge on any atom is 0.302 e. The van der Waals surface area contributed by atoms with Crippen LogP contribution in [0.2, 0.25) is 0 Å². The summed E-state index contributed by atoms with van der Waals surface area (Å²) < 4.78 is 4.68. The van der Waals surface area contributed by atoms with Gasteiger partial charge in [-0.15, -0.1) is 0 Å². The Morgan fingerprint density at radius 3 is 2.75 bits per heavy atom. The fourth-order valence-corrected chi connectivity index (χ4v) is 0.674. The third-order valence-corrected chi connectivity index (χ3v) is 1.26. The van der Waals surface area contributed by atoms with E-state index in [1.807, 2.05) is 0 Å². The van der Waals surface area contributed by atoms with E-state index in [1.165, 1.54) is 6.92 Å². The number of carbonyl (C=O) groups excluding carboxylic acids is 1. The first-order chi connectivity index (χ1) is 5.66. The van der Waals surface area contributed by atoms with Gasteiger partial charge >= 0.3 is 5.97 Å². The van der Waals surface area contributed by atoms with E-state index in [2.05, 4.69) is 9.89 Å². The minimum Gasteiger partial charge on any atom is -0.466 e. The highest BCUT2D eigenvalue weighted by Crippen LogP contribution is 1.95. The standard InChI is InChI=1S/C7H14N2O3/c1-6(10)12-5-3-2-4-7(8)9-11/h11H,2-5H2,1H3,(H2,8,9). The van der Waals surface area contributed by atoms with Crippen LogP contribution in [0.15, 0.2) is 5.16 Å². The third kappa shape index (κ3) is 6.85. The van der Waals surface area contributed by atoms with E-state index < -0.39 is 0 Å². The Labute approximate surface area is 71.2 Å². The number of hydrogen-bond acceptors (Lipinski definition) is 4. The van der Waals surface area contributed by atoms with Gasteiger partial charge in [-0.05, 0) is 12.8 Å². The molecule has 0 heterocycles. The van der Waals surface area contributed by atoms with Crippen molar-refractivity contribution in [2.45, 2.75) is 26.2 Å². The van der Waals surface area contributed by atoms with Gasteiger partial charge in [0.25, 0.3) is 0 Å². The van der Waals surface area contributed by atoms with Crippen LogP contribution in [0.5, 0.6) is 0 Å². The quantitative estimate of drug-likeness (QED) is 0.158. The van der Waals surface area contributed by atoms with Crippen LogP contribution in [0.3, 0.4) is 0 Å². The average molecular weight is 174 g/mol. The maximum atomic E-state index is 10.3. The lowest BCUT2D eigenvalue weighted by atomic mass is 10.2. The van der Waals surface area contributed by atoms with Gasteiger partial charge in [-0.3, -0.25) is 4.79 Å². The predicted octanol–water partition coefficient (Wildman–Crippen LogP) is 0.466. The number of nitrogens with two attached hydrogens (primary N) is 1. The molecule has 0 unspecified atom stereocenters. The van der Waals surface area contributed by atoms with Crippen molar-refractivity contribution < 1.29 is 14.7 Å². The van der Waals surface area contributed by atoms with E-state index in [0.717, 1.165) is 12.8 Å². The van der Waals surface area contributed by atoms with Gasteiger partial charge in [0.15, 0.2) is 0 Å². The largest absolute Gasteiger partial charge is 0.466 e. The zero-order valence-electron chi connectivity index (χ0n) is 7.12. The van der Waals surface area contributed by atoms with Gasteiger partial charge in [0.05, 0.1) is 6.61 Å². The Hall–Kier alpha value is -1.26. The number of rotatable bonds is 5. The van der Waals surface area contributed by atoms with E-state index in [9.17, 15) is 4.79 Å². The summed E-state index contributed by atoms with van der Waals surface area (Å²) in [4.78, 5) is 10.3. The molecule has 0 aromatic rings. The third-order valence-electron chi connectivity index (χ3n) is 1.26. The fourth-order valence-electron chi connectivity index (χ4n) is 0.674. The number of hydrogen-bond donors (Lipinski definition) is 2. The van der Waals surface area contributed by atoms with E-state index in [1.54, 1.807) is 0 Å². The summed E-state index contributed by atoms with van der Waals surface area (Å²) in [6.45, 7) is 1.76. The molecule has 70 valence electrons. The molecule has 0 aliphatic carbocycles. The molecule has 0 aliphatic rings. The molecular weight excluding hydrogens is 160 g/mol. The van der Waals surface area contributed by atoms with Crippen LogP contribution in [0, 0.1) is 0 Å². The lowest BCUT2D eigenvalue weighted by molar-refractivity contribution is -0.141. The van der Waals surface area contributed by atoms with E-state index in [4.69, 9.17) is 10.9 Å². The van der Waals surface area contributed by atoms with E-state index in [-0.39, 0.29) is 11.8 Å². The summed E-state index contributed by atoms with van der Waals surface area (Å²) in [7, 11) is 0. The molecule has 12 heavy (non-hydrogen) atoms. The molecule has 0 bridgehead atoms. The first-order valence-corrected chi connectivity index (χ1v) is 3.76. The van der Waals surface area contributed by atoms with Crippen LogP contribution in [0.25, 0.3) is 0 Å². The number of amidine groups is 1. The molecular formula is C7H14N2O3. The molecule has 0 spiro atoms. The van der Waals surface area contributed by atoms with Gasteiger partial charge in [0.2, 0.25) is 0 Å². The van der Waals surface area contributed by atoms with Crippen LogP contribution in [-0.2, 0) is 9.53 Å². The predicted molar refractivity (Wildman–Crippen MR) is 43.9 cm³/mol. The lowest BCUT2D eigenvalue weighted by Gasteiger charge is -2.00. The van der Waals surface area contributed by atoms with E-state index >= 15 is 0 Å². The molecule has 0 aromatic carbocycles. The SMILES string of the molecule is CC(=O)OCCCC/C(N)=N/O. The highest BCUT2D eigenvalue weighted by Gasteiger charge is 1.95. The minimum atomic E-state index is -0.279. The van der Waals surface area contributed by atoms with Gasteiger partial charge in [0, 0.05) is 13.3 Å². The van der Waals surface area contributed by atoms with Crippen molar-refractivity contribution in [2.24, 2.45) is 10.9 Å². The van der Waals surface area contributed by atoms with Gasteiger partial charge < -0.3 is 15.7 Å². The first-order valence-electron chi connectivity index (χ1n) is 3.76. The van der Waals surface area contributed by atoms with Gasteiger partial charge in [0.1, 0.15) is 5.84 Å². The number of esters is 1. The molecule has 0 atom stereocenters. The summed E-state index contributed by atoms with van der Waals surface area (Å²) in [5.74, 6) is -0.0726. The van der Waals surface area contributed by atoms with Crippen LogP contribution < -0.4 is 5.73 Å². The molecule has 0 saturated carbocycles. The molecule has 0 radical (unpaired) electrons. The molecule has 5 nitrogen and oxygen atoms in total. The van der Waals surface area contributed by atoms with Crippen molar-refractivity contribution in [3.8, 4) is 0 Å². The Morgan fingerprint density at radius 1 is 1.58 bits per heavy atom. The Balaban J connectivity index is 3.16. The summed E-state index contributed by atoms with van der Waals surface area (Å²) in [6, 6.07) is 0.